The van der Waals surface area contributed by atoms with Gasteiger partial charge in [0.25, 0.3) is 5.91 Å². The average Bonchev–Trinajstić information content (AvgIpc) is 2.59. The van der Waals surface area contributed by atoms with Gasteiger partial charge in [0.1, 0.15) is 0 Å². The third-order valence-electron chi connectivity index (χ3n) is 3.37. The summed E-state index contributed by atoms with van der Waals surface area (Å²) in [5.41, 5.74) is 1.05. The molecule has 0 aliphatic heterocycles. The summed E-state index contributed by atoms with van der Waals surface area (Å²) in [5.74, 6) is -1.48. The lowest BCUT2D eigenvalue weighted by atomic mass is 10.1. The first-order valence-electron chi connectivity index (χ1n) is 7.04. The van der Waals surface area contributed by atoms with Crippen molar-refractivity contribution >= 4 is 69.5 Å². The van der Waals surface area contributed by atoms with Crippen LogP contribution < -0.4 is 5.32 Å². The zero-order valence-electron chi connectivity index (χ0n) is 12.9. The van der Waals surface area contributed by atoms with Crippen molar-refractivity contribution in [3.8, 4) is 0 Å². The van der Waals surface area contributed by atoms with E-state index in [9.17, 15) is 18.0 Å². The number of hydrogen-bond donors (Lipinski definition) is 2. The molecule has 0 aliphatic carbocycles. The van der Waals surface area contributed by atoms with Gasteiger partial charge in [-0.15, -0.1) is 0 Å². The van der Waals surface area contributed by atoms with Gasteiger partial charge in [0.05, 0.1) is 10.5 Å². The maximum atomic E-state index is 12.4. The molecule has 0 bridgehead atoms. The summed E-state index contributed by atoms with van der Waals surface area (Å²) in [7, 11) is -3.80. The van der Waals surface area contributed by atoms with E-state index in [4.69, 9.17) is 5.11 Å². The standard InChI is InChI=1S/C16H12Br3NO5S/c17-16(18,19)26(24,25)13-3-1-2-12(8-13)14(21)20-9-10-4-6-11(7-5-10)15(22)23/h1-8H,9H2,(H,20,21)(H,22,23). The highest BCUT2D eigenvalue weighted by atomic mass is 80.0. The molecule has 10 heteroatoms. The van der Waals surface area contributed by atoms with Gasteiger partial charge in [-0.3, -0.25) is 4.79 Å². The Balaban J connectivity index is 2.13. The van der Waals surface area contributed by atoms with E-state index in [1.165, 1.54) is 36.4 Å². The fraction of sp³-hybridized carbons (Fsp3) is 0.125. The van der Waals surface area contributed by atoms with E-state index in [1.807, 2.05) is 0 Å². The summed E-state index contributed by atoms with van der Waals surface area (Å²) in [5, 5.41) is 11.5. The van der Waals surface area contributed by atoms with E-state index >= 15 is 0 Å². The van der Waals surface area contributed by atoms with Crippen LogP contribution in [0.5, 0.6) is 0 Å². The SMILES string of the molecule is O=C(O)c1ccc(CNC(=O)c2cccc(S(=O)(=O)C(Br)(Br)Br)c2)cc1. The second-order valence-corrected chi connectivity index (χ2v) is 15.6. The number of hydrogen-bond acceptors (Lipinski definition) is 4. The van der Waals surface area contributed by atoms with Gasteiger partial charge in [0, 0.05) is 12.1 Å². The van der Waals surface area contributed by atoms with Gasteiger partial charge in [-0.2, -0.15) is 0 Å². The molecule has 0 heterocycles. The Morgan fingerprint density at radius 1 is 1.00 bits per heavy atom. The van der Waals surface area contributed by atoms with Crippen molar-refractivity contribution < 1.29 is 23.1 Å². The highest BCUT2D eigenvalue weighted by molar-refractivity contribution is 9.42. The first-order chi connectivity index (χ1) is 12.0. The molecular formula is C16H12Br3NO5S. The topological polar surface area (TPSA) is 101 Å². The predicted octanol–water partition coefficient (Wildman–Crippen LogP) is 3.88. The Hall–Kier alpha value is -1.23. The van der Waals surface area contributed by atoms with Crippen LogP contribution in [0.2, 0.25) is 0 Å². The van der Waals surface area contributed by atoms with Crippen molar-refractivity contribution in [3.05, 3.63) is 65.2 Å². The molecule has 2 rings (SSSR count). The molecule has 0 aromatic heterocycles. The molecule has 138 valence electrons. The molecule has 0 aliphatic rings. The minimum absolute atomic E-state index is 0.0402. The smallest absolute Gasteiger partial charge is 0.335 e. The van der Waals surface area contributed by atoms with Crippen LogP contribution >= 0.6 is 47.8 Å². The lowest BCUT2D eigenvalue weighted by molar-refractivity contribution is 0.0696. The average molecular weight is 570 g/mol. The number of alkyl halides is 3. The number of carboxylic acids is 1. The number of carbonyl (C=O) groups excluding carboxylic acids is 1. The number of carbonyl (C=O) groups is 2. The maximum Gasteiger partial charge on any atom is 0.335 e. The zero-order chi connectivity index (χ0) is 19.5. The van der Waals surface area contributed by atoms with Gasteiger partial charge < -0.3 is 10.4 Å². The molecule has 1 amide bonds. The zero-order valence-corrected chi connectivity index (χ0v) is 18.5. The van der Waals surface area contributed by atoms with Crippen molar-refractivity contribution in [1.82, 2.24) is 5.32 Å². The van der Waals surface area contributed by atoms with Crippen molar-refractivity contribution in [3.63, 3.8) is 0 Å². The molecule has 2 N–H and O–H groups in total. The Labute approximate surface area is 175 Å². The highest BCUT2D eigenvalue weighted by Crippen LogP contribution is 2.43. The van der Waals surface area contributed by atoms with Crippen LogP contribution in [-0.4, -0.2) is 26.9 Å². The van der Waals surface area contributed by atoms with Gasteiger partial charge in [0.15, 0.2) is 0 Å². The Kier molecular flexibility index (Phi) is 6.65. The molecule has 0 radical (unpaired) electrons. The molecular weight excluding hydrogens is 558 g/mol. The minimum Gasteiger partial charge on any atom is -0.478 e. The number of sulfone groups is 1. The molecule has 2 aromatic carbocycles. The van der Waals surface area contributed by atoms with Gasteiger partial charge in [-0.1, -0.05) is 18.2 Å². The molecule has 26 heavy (non-hydrogen) atoms. The van der Waals surface area contributed by atoms with Crippen LogP contribution in [0.4, 0.5) is 0 Å². The second-order valence-electron chi connectivity index (χ2n) is 5.16. The lowest BCUT2D eigenvalue weighted by Gasteiger charge is -2.14. The molecule has 0 saturated carbocycles. The van der Waals surface area contributed by atoms with E-state index in [2.05, 4.69) is 53.1 Å². The summed E-state index contributed by atoms with van der Waals surface area (Å²) in [6.45, 7) is 0.176. The fourth-order valence-corrected chi connectivity index (χ4v) is 4.48. The van der Waals surface area contributed by atoms with Crippen molar-refractivity contribution in [1.29, 1.82) is 0 Å². The van der Waals surface area contributed by atoms with Crippen molar-refractivity contribution in [2.24, 2.45) is 0 Å². The van der Waals surface area contributed by atoms with Gasteiger partial charge in [-0.05, 0) is 83.7 Å². The Morgan fingerprint density at radius 3 is 2.15 bits per heavy atom. The van der Waals surface area contributed by atoms with Crippen molar-refractivity contribution in [2.75, 3.05) is 0 Å². The number of amides is 1. The van der Waals surface area contributed by atoms with Crippen LogP contribution in [0.1, 0.15) is 26.3 Å². The van der Waals surface area contributed by atoms with Crippen LogP contribution in [0, 0.1) is 0 Å². The molecule has 0 atom stereocenters. The molecule has 0 unspecified atom stereocenters. The van der Waals surface area contributed by atoms with Gasteiger partial charge >= 0.3 is 5.97 Å². The summed E-state index contributed by atoms with van der Waals surface area (Å²) < 4.78 is 23.2. The first kappa shape index (κ1) is 21.1. The van der Waals surface area contributed by atoms with Crippen LogP contribution in [0.3, 0.4) is 0 Å². The largest absolute Gasteiger partial charge is 0.478 e. The maximum absolute atomic E-state index is 12.4. The molecule has 0 fully saturated rings. The second kappa shape index (κ2) is 8.20. The monoisotopic (exact) mass is 567 g/mol. The lowest BCUT2D eigenvalue weighted by Crippen LogP contribution is -2.24. The third kappa shape index (κ3) is 4.93. The number of carboxylic acid groups (broad SMARTS) is 1. The molecule has 6 nitrogen and oxygen atoms in total. The number of aromatic carboxylic acids is 1. The van der Waals surface area contributed by atoms with E-state index < -0.39 is 23.2 Å². The normalized spacial score (nSPS) is 11.8. The summed E-state index contributed by atoms with van der Waals surface area (Å²) >= 11 is 8.94. The Bertz CT molecular complexity index is 937. The van der Waals surface area contributed by atoms with E-state index in [1.54, 1.807) is 12.1 Å². The summed E-state index contributed by atoms with van der Waals surface area (Å²) in [4.78, 5) is 23.1. The molecule has 0 saturated heterocycles. The minimum atomic E-state index is -3.80. The van der Waals surface area contributed by atoms with Crippen LogP contribution in [-0.2, 0) is 16.4 Å². The Morgan fingerprint density at radius 2 is 1.62 bits per heavy atom. The predicted molar refractivity (Wildman–Crippen MR) is 108 cm³/mol. The van der Waals surface area contributed by atoms with Gasteiger partial charge in [0.2, 0.25) is 11.3 Å². The van der Waals surface area contributed by atoms with E-state index in [-0.39, 0.29) is 22.6 Å². The quantitative estimate of drug-likeness (QED) is 0.532. The third-order valence-corrected chi connectivity index (χ3v) is 8.68. The molecule has 0 spiro atoms. The first-order valence-corrected chi connectivity index (χ1v) is 10.9. The fourth-order valence-electron chi connectivity index (χ4n) is 1.99. The van der Waals surface area contributed by atoms with Crippen molar-refractivity contribution in [2.45, 2.75) is 12.9 Å². The van der Waals surface area contributed by atoms with Gasteiger partial charge in [-0.25, -0.2) is 13.2 Å². The number of benzene rings is 2. The number of halogens is 3. The molecule has 2 aromatic rings. The van der Waals surface area contributed by atoms with E-state index in [0.29, 0.717) is 5.56 Å². The summed E-state index contributed by atoms with van der Waals surface area (Å²) in [6, 6.07) is 11.7. The van der Waals surface area contributed by atoms with E-state index in [0.717, 1.165) is 0 Å². The number of nitrogens with one attached hydrogen (secondary N) is 1. The highest BCUT2D eigenvalue weighted by Gasteiger charge is 2.37. The summed E-state index contributed by atoms with van der Waals surface area (Å²) in [6.07, 6.45) is 0. The van der Waals surface area contributed by atoms with Crippen LogP contribution in [0.15, 0.2) is 53.4 Å². The number of rotatable bonds is 5. The van der Waals surface area contributed by atoms with Crippen LogP contribution in [0.25, 0.3) is 0 Å².